The Bertz CT molecular complexity index is 730. The van der Waals surface area contributed by atoms with Crippen molar-refractivity contribution in [2.24, 2.45) is 0 Å². The molecule has 0 amide bonds. The van der Waals surface area contributed by atoms with Crippen LogP contribution in [0.5, 0.6) is 5.75 Å². The van der Waals surface area contributed by atoms with E-state index in [2.05, 4.69) is 0 Å². The van der Waals surface area contributed by atoms with Gasteiger partial charge in [0.2, 0.25) is 5.76 Å². The summed E-state index contributed by atoms with van der Waals surface area (Å²) < 4.78 is 42.1. The average Bonchev–Trinajstić information content (AvgIpc) is 2.54. The molecule has 0 aliphatic heterocycles. The van der Waals surface area contributed by atoms with Crippen LogP contribution in [-0.2, 0) is 6.61 Å². The van der Waals surface area contributed by atoms with Gasteiger partial charge in [-0.2, -0.15) is 13.2 Å². The maximum Gasteiger partial charge on any atom is 0.448 e. The maximum atomic E-state index is 12.2. The first-order valence-electron chi connectivity index (χ1n) is 7.06. The fraction of sp³-hybridized carbons (Fsp3) is 0.167. The van der Waals surface area contributed by atoms with Crippen molar-refractivity contribution in [1.29, 1.82) is 0 Å². The molecule has 1 N–H and O–H groups in total. The number of alkyl halides is 3. The van der Waals surface area contributed by atoms with Crippen molar-refractivity contribution in [1.82, 2.24) is 0 Å². The number of benzene rings is 2. The maximum absolute atomic E-state index is 12.2. The van der Waals surface area contributed by atoms with Gasteiger partial charge in [0.1, 0.15) is 12.4 Å². The van der Waals surface area contributed by atoms with Gasteiger partial charge in [-0.25, -0.2) is 0 Å². The number of hydrogen-bond acceptors (Lipinski definition) is 3. The van der Waals surface area contributed by atoms with Gasteiger partial charge in [-0.3, -0.25) is 4.79 Å². The summed E-state index contributed by atoms with van der Waals surface area (Å²) in [7, 11) is 0. The monoisotopic (exact) mass is 336 g/mol. The number of ketones is 1. The second-order valence-electron chi connectivity index (χ2n) is 5.19. The lowest BCUT2D eigenvalue weighted by Gasteiger charge is -2.07. The minimum Gasteiger partial charge on any atom is -0.504 e. The summed E-state index contributed by atoms with van der Waals surface area (Å²) in [4.78, 5) is 11.6. The number of carbonyl (C=O) groups is 1. The van der Waals surface area contributed by atoms with E-state index in [-0.39, 0.29) is 11.6 Å². The van der Waals surface area contributed by atoms with Gasteiger partial charge >= 0.3 is 6.18 Å². The van der Waals surface area contributed by atoms with Crippen LogP contribution in [0.2, 0.25) is 0 Å². The van der Waals surface area contributed by atoms with Gasteiger partial charge in [0.15, 0.2) is 5.78 Å². The molecule has 2 aromatic rings. The Morgan fingerprint density at radius 1 is 1.08 bits per heavy atom. The number of halogens is 3. The van der Waals surface area contributed by atoms with Gasteiger partial charge < -0.3 is 9.84 Å². The summed E-state index contributed by atoms with van der Waals surface area (Å²) >= 11 is 0. The zero-order valence-corrected chi connectivity index (χ0v) is 12.8. The van der Waals surface area contributed by atoms with Gasteiger partial charge in [0.05, 0.1) is 0 Å². The highest BCUT2D eigenvalue weighted by molar-refractivity contribution is 6.04. The Morgan fingerprint density at radius 3 is 2.21 bits per heavy atom. The van der Waals surface area contributed by atoms with Crippen LogP contribution >= 0.6 is 0 Å². The molecule has 0 bridgehead atoms. The third kappa shape index (κ3) is 4.87. The van der Waals surface area contributed by atoms with Crippen LogP contribution in [0.15, 0.2) is 60.4 Å². The minimum absolute atomic E-state index is 0.0217. The van der Waals surface area contributed by atoms with Crippen molar-refractivity contribution in [2.45, 2.75) is 19.7 Å². The number of allylic oxidation sites excluding steroid dienone is 2. The fourth-order valence-corrected chi connectivity index (χ4v) is 1.86. The Balaban J connectivity index is 2.00. The van der Waals surface area contributed by atoms with Gasteiger partial charge in [-0.15, -0.1) is 0 Å². The number of ether oxygens (including phenoxy) is 1. The number of carbonyl (C=O) groups excluding carboxylic acids is 1. The van der Waals surface area contributed by atoms with Crippen LogP contribution in [0.4, 0.5) is 13.2 Å². The summed E-state index contributed by atoms with van der Waals surface area (Å²) in [6.07, 6.45) is -4.78. The molecule has 0 atom stereocenters. The highest BCUT2D eigenvalue weighted by Gasteiger charge is 2.34. The molecule has 126 valence electrons. The number of aliphatic hydroxyl groups excluding tert-OH is 1. The molecule has 0 aromatic heterocycles. The third-order valence-corrected chi connectivity index (χ3v) is 3.22. The van der Waals surface area contributed by atoms with Crippen molar-refractivity contribution in [3.8, 4) is 5.75 Å². The van der Waals surface area contributed by atoms with E-state index in [0.717, 1.165) is 11.1 Å². The largest absolute Gasteiger partial charge is 0.504 e. The molecule has 0 saturated heterocycles. The molecule has 2 rings (SSSR count). The number of rotatable bonds is 5. The van der Waals surface area contributed by atoms with E-state index >= 15 is 0 Å². The van der Waals surface area contributed by atoms with Crippen LogP contribution in [0.25, 0.3) is 0 Å². The summed E-state index contributed by atoms with van der Waals surface area (Å²) in [5.74, 6) is -2.38. The molecule has 0 radical (unpaired) electrons. The van der Waals surface area contributed by atoms with Crippen LogP contribution < -0.4 is 4.74 Å². The molecule has 0 saturated carbocycles. The third-order valence-electron chi connectivity index (χ3n) is 3.22. The van der Waals surface area contributed by atoms with Crippen molar-refractivity contribution >= 4 is 5.78 Å². The smallest absolute Gasteiger partial charge is 0.448 e. The lowest BCUT2D eigenvalue weighted by atomic mass is 10.1. The minimum atomic E-state index is -4.94. The first-order valence-corrected chi connectivity index (χ1v) is 7.06. The first-order chi connectivity index (χ1) is 11.3. The van der Waals surface area contributed by atoms with Gasteiger partial charge in [-0.05, 0) is 36.8 Å². The zero-order chi connectivity index (χ0) is 17.7. The summed E-state index contributed by atoms with van der Waals surface area (Å²) in [5, 5.41) is 8.79. The molecule has 0 heterocycles. The average molecular weight is 336 g/mol. The van der Waals surface area contributed by atoms with Crippen LogP contribution in [-0.4, -0.2) is 17.1 Å². The molecular formula is C18H15F3O3. The number of hydrogen-bond donors (Lipinski definition) is 1. The standard InChI is InChI=1S/C18H15F3O3/c1-12-2-4-13(5-3-12)11-24-15-8-6-14(7-9-15)16(22)10-17(23)18(19,20)21/h2-10,23H,11H2,1H3. The fourth-order valence-electron chi connectivity index (χ4n) is 1.86. The molecular weight excluding hydrogens is 321 g/mol. The molecule has 3 nitrogen and oxygen atoms in total. The van der Waals surface area contributed by atoms with E-state index in [1.807, 2.05) is 31.2 Å². The van der Waals surface area contributed by atoms with Crippen LogP contribution in [0.3, 0.4) is 0 Å². The molecule has 24 heavy (non-hydrogen) atoms. The Hall–Kier alpha value is -2.76. The van der Waals surface area contributed by atoms with Gasteiger partial charge in [0.25, 0.3) is 0 Å². The highest BCUT2D eigenvalue weighted by atomic mass is 19.4. The summed E-state index contributed by atoms with van der Waals surface area (Å²) in [6, 6.07) is 13.4. The van der Waals surface area contributed by atoms with E-state index in [0.29, 0.717) is 12.4 Å². The molecule has 0 unspecified atom stereocenters. The van der Waals surface area contributed by atoms with E-state index in [1.165, 1.54) is 24.3 Å². The van der Waals surface area contributed by atoms with Crippen LogP contribution in [0, 0.1) is 6.92 Å². The molecule has 0 aliphatic rings. The van der Waals surface area contributed by atoms with Crippen molar-refractivity contribution < 1.29 is 27.8 Å². The second-order valence-corrected chi connectivity index (χ2v) is 5.19. The Labute approximate surface area is 137 Å². The summed E-state index contributed by atoms with van der Waals surface area (Å²) in [6.45, 7) is 2.31. The first kappa shape index (κ1) is 17.6. The van der Waals surface area contributed by atoms with Gasteiger partial charge in [0, 0.05) is 11.6 Å². The van der Waals surface area contributed by atoms with E-state index in [1.54, 1.807) is 0 Å². The SMILES string of the molecule is Cc1ccc(COc2ccc(C(=O)C=C(O)C(F)(F)F)cc2)cc1. The second kappa shape index (κ2) is 7.21. The van der Waals surface area contributed by atoms with E-state index in [4.69, 9.17) is 9.84 Å². The van der Waals surface area contributed by atoms with Crippen molar-refractivity contribution in [2.75, 3.05) is 0 Å². The lowest BCUT2D eigenvalue weighted by Crippen LogP contribution is -2.13. The zero-order valence-electron chi connectivity index (χ0n) is 12.8. The van der Waals surface area contributed by atoms with Crippen LogP contribution in [0.1, 0.15) is 21.5 Å². The van der Waals surface area contributed by atoms with E-state index < -0.39 is 17.7 Å². The lowest BCUT2D eigenvalue weighted by molar-refractivity contribution is -0.120. The number of aliphatic hydroxyl groups is 1. The predicted molar refractivity (Wildman–Crippen MR) is 83.1 cm³/mol. The van der Waals surface area contributed by atoms with Gasteiger partial charge in [-0.1, -0.05) is 29.8 Å². The number of aryl methyl sites for hydroxylation is 1. The van der Waals surface area contributed by atoms with Crippen molar-refractivity contribution in [3.05, 3.63) is 77.1 Å². The molecule has 0 fully saturated rings. The molecule has 0 spiro atoms. The van der Waals surface area contributed by atoms with E-state index in [9.17, 15) is 18.0 Å². The molecule has 0 aliphatic carbocycles. The summed E-state index contributed by atoms with van der Waals surface area (Å²) in [5.41, 5.74) is 2.13. The predicted octanol–water partition coefficient (Wildman–Crippen LogP) is 4.76. The Morgan fingerprint density at radius 2 is 1.67 bits per heavy atom. The quantitative estimate of drug-likeness (QED) is 0.486. The van der Waals surface area contributed by atoms with Crippen molar-refractivity contribution in [3.63, 3.8) is 0 Å². The topological polar surface area (TPSA) is 46.5 Å². The molecule has 6 heteroatoms. The Kier molecular flexibility index (Phi) is 5.28. The molecule has 2 aromatic carbocycles. The highest BCUT2D eigenvalue weighted by Crippen LogP contribution is 2.24. The normalized spacial score (nSPS) is 12.1.